The SMILES string of the molecule is O=C(Cl)CN1C(=O)C(c2ccc(Cl)cc2)=NC12CCCCC2.O=C(O)CN1C(=O)C(c2ccc(Cl)cc2)=NC12CCCCC2. The van der Waals surface area contributed by atoms with Crippen molar-refractivity contribution in [3.63, 3.8) is 0 Å². The normalized spacial score (nSPS) is 20.3. The van der Waals surface area contributed by atoms with Gasteiger partial charge in [0.15, 0.2) is 0 Å². The maximum atomic E-state index is 12.8. The molecule has 2 aliphatic carbocycles. The summed E-state index contributed by atoms with van der Waals surface area (Å²) in [7, 11) is 0. The largest absolute Gasteiger partial charge is 0.480 e. The number of benzene rings is 2. The number of rotatable bonds is 6. The van der Waals surface area contributed by atoms with E-state index in [9.17, 15) is 19.2 Å². The predicted octanol–water partition coefficient (Wildman–Crippen LogP) is 6.11. The van der Waals surface area contributed by atoms with E-state index in [4.69, 9.17) is 44.9 Å². The first-order valence-corrected chi connectivity index (χ1v) is 15.9. The Balaban J connectivity index is 0.000000175. The molecule has 2 spiro atoms. The number of aliphatic imine (C=N–C) groups is 2. The van der Waals surface area contributed by atoms with Crippen LogP contribution >= 0.6 is 34.8 Å². The zero-order valence-corrected chi connectivity index (χ0v) is 26.4. The molecular weight excluding hydrogens is 627 g/mol. The monoisotopic (exact) mass is 658 g/mol. The van der Waals surface area contributed by atoms with Crippen LogP contribution in [-0.4, -0.2) is 73.8 Å². The number of carboxylic acid groups (broad SMARTS) is 1. The third-order valence-corrected chi connectivity index (χ3v) is 9.28. The third kappa shape index (κ3) is 6.70. The van der Waals surface area contributed by atoms with Gasteiger partial charge in [-0.3, -0.25) is 29.2 Å². The molecule has 2 amide bonds. The van der Waals surface area contributed by atoms with Gasteiger partial charge in [-0.1, -0.05) is 60.3 Å². The molecule has 232 valence electrons. The number of hydrogen-bond acceptors (Lipinski definition) is 6. The van der Waals surface area contributed by atoms with Crippen LogP contribution in [0.1, 0.15) is 75.3 Å². The molecule has 0 radical (unpaired) electrons. The van der Waals surface area contributed by atoms with E-state index in [1.54, 1.807) is 53.4 Å². The summed E-state index contributed by atoms with van der Waals surface area (Å²) >= 11 is 17.3. The third-order valence-electron chi connectivity index (χ3n) is 8.66. The highest BCUT2D eigenvalue weighted by Crippen LogP contribution is 2.41. The number of carbonyl (C=O) groups is 4. The van der Waals surface area contributed by atoms with Gasteiger partial charge in [0.2, 0.25) is 5.24 Å². The summed E-state index contributed by atoms with van der Waals surface area (Å²) in [5, 5.41) is 9.79. The van der Waals surface area contributed by atoms with Crippen LogP contribution in [0.3, 0.4) is 0 Å². The topological polar surface area (TPSA) is 120 Å². The van der Waals surface area contributed by atoms with E-state index in [-0.39, 0.29) is 24.9 Å². The van der Waals surface area contributed by atoms with E-state index in [2.05, 4.69) is 4.99 Å². The van der Waals surface area contributed by atoms with E-state index < -0.39 is 22.5 Å². The Kier molecular flexibility index (Phi) is 9.77. The van der Waals surface area contributed by atoms with Crippen molar-refractivity contribution < 1.29 is 24.3 Å². The molecule has 2 fully saturated rings. The lowest BCUT2D eigenvalue weighted by Crippen LogP contribution is -2.50. The number of amides is 2. The molecule has 2 heterocycles. The summed E-state index contributed by atoms with van der Waals surface area (Å²) in [6, 6.07) is 13.9. The summed E-state index contributed by atoms with van der Waals surface area (Å²) in [5.41, 5.74) is 0.879. The molecule has 0 aromatic heterocycles. The zero-order valence-electron chi connectivity index (χ0n) is 24.1. The van der Waals surface area contributed by atoms with E-state index in [0.29, 0.717) is 27.0 Å². The van der Waals surface area contributed by atoms with Crippen molar-refractivity contribution in [2.24, 2.45) is 9.98 Å². The number of nitrogens with zero attached hydrogens (tertiary/aromatic N) is 4. The van der Waals surface area contributed by atoms with Crippen molar-refractivity contribution in [2.45, 2.75) is 75.5 Å². The summed E-state index contributed by atoms with van der Waals surface area (Å²) in [6.45, 7) is -0.402. The van der Waals surface area contributed by atoms with Crippen LogP contribution < -0.4 is 0 Å². The fraction of sp³-hybridized carbons (Fsp3) is 0.438. The average Bonchev–Trinajstić information content (AvgIpc) is 3.40. The van der Waals surface area contributed by atoms with Crippen molar-refractivity contribution >= 4 is 69.3 Å². The molecular formula is C32H33Cl3N4O5. The van der Waals surface area contributed by atoms with Gasteiger partial charge in [-0.15, -0.1) is 0 Å². The lowest BCUT2D eigenvalue weighted by Gasteiger charge is -2.38. The summed E-state index contributed by atoms with van der Waals surface area (Å²) in [5.74, 6) is -1.53. The molecule has 4 aliphatic rings. The maximum absolute atomic E-state index is 12.8. The maximum Gasteiger partial charge on any atom is 0.323 e. The van der Waals surface area contributed by atoms with Gasteiger partial charge in [0.05, 0.1) is 6.54 Å². The molecule has 2 saturated carbocycles. The molecule has 0 saturated heterocycles. The minimum atomic E-state index is -1.01. The molecule has 2 aliphatic heterocycles. The fourth-order valence-electron chi connectivity index (χ4n) is 6.55. The summed E-state index contributed by atoms with van der Waals surface area (Å²) < 4.78 is 0. The predicted molar refractivity (Wildman–Crippen MR) is 170 cm³/mol. The van der Waals surface area contributed by atoms with Gasteiger partial charge in [-0.2, -0.15) is 0 Å². The Morgan fingerprint density at radius 1 is 0.659 bits per heavy atom. The van der Waals surface area contributed by atoms with Crippen molar-refractivity contribution in [3.8, 4) is 0 Å². The van der Waals surface area contributed by atoms with Gasteiger partial charge in [-0.05, 0) is 87.2 Å². The van der Waals surface area contributed by atoms with E-state index in [1.165, 1.54) is 4.90 Å². The molecule has 12 heteroatoms. The molecule has 6 rings (SSSR count). The second-order valence-corrected chi connectivity index (χ2v) is 12.8. The Labute approximate surface area is 270 Å². The number of aliphatic carboxylic acids is 1. The molecule has 44 heavy (non-hydrogen) atoms. The quantitative estimate of drug-likeness (QED) is 0.375. The van der Waals surface area contributed by atoms with Gasteiger partial charge >= 0.3 is 5.97 Å². The fourth-order valence-corrected chi connectivity index (χ4v) is 6.93. The molecule has 0 unspecified atom stereocenters. The first-order chi connectivity index (χ1) is 21.0. The van der Waals surface area contributed by atoms with E-state index in [1.807, 2.05) is 0 Å². The lowest BCUT2D eigenvalue weighted by molar-refractivity contribution is -0.145. The molecule has 9 nitrogen and oxygen atoms in total. The second-order valence-electron chi connectivity index (χ2n) is 11.6. The van der Waals surface area contributed by atoms with Crippen LogP contribution in [0.15, 0.2) is 58.5 Å². The van der Waals surface area contributed by atoms with Crippen LogP contribution in [-0.2, 0) is 19.2 Å². The highest BCUT2D eigenvalue weighted by molar-refractivity contribution is 6.64. The first-order valence-electron chi connectivity index (χ1n) is 14.8. The lowest BCUT2D eigenvalue weighted by atomic mass is 9.88. The zero-order chi connectivity index (χ0) is 31.5. The van der Waals surface area contributed by atoms with E-state index in [0.717, 1.165) is 69.8 Å². The van der Waals surface area contributed by atoms with Gasteiger partial charge in [0.25, 0.3) is 11.8 Å². The Hall–Kier alpha value is -3.27. The molecule has 0 bridgehead atoms. The highest BCUT2D eigenvalue weighted by atomic mass is 35.5. The first kappa shape index (κ1) is 32.1. The van der Waals surface area contributed by atoms with Crippen LogP contribution in [0.25, 0.3) is 0 Å². The summed E-state index contributed by atoms with van der Waals surface area (Å²) in [4.78, 5) is 60.4. The molecule has 2 aromatic carbocycles. The minimum absolute atomic E-state index is 0.0963. The smallest absolute Gasteiger partial charge is 0.323 e. The average molecular weight is 660 g/mol. The second kappa shape index (κ2) is 13.4. The molecule has 2 aromatic rings. The Bertz CT molecular complexity index is 1380. The van der Waals surface area contributed by atoms with Crippen molar-refractivity contribution in [3.05, 3.63) is 69.7 Å². The number of carbonyl (C=O) groups excluding carboxylic acids is 3. The van der Waals surface area contributed by atoms with Crippen LogP contribution in [0.4, 0.5) is 0 Å². The minimum Gasteiger partial charge on any atom is -0.480 e. The van der Waals surface area contributed by atoms with Crippen molar-refractivity contribution in [2.75, 3.05) is 13.1 Å². The number of hydrogen-bond donors (Lipinski definition) is 1. The number of halogens is 3. The van der Waals surface area contributed by atoms with Crippen LogP contribution in [0.5, 0.6) is 0 Å². The van der Waals surface area contributed by atoms with Gasteiger partial charge in [0, 0.05) is 21.2 Å². The van der Waals surface area contributed by atoms with Gasteiger partial charge in [0.1, 0.15) is 29.3 Å². The van der Waals surface area contributed by atoms with Gasteiger partial charge in [-0.25, -0.2) is 0 Å². The highest BCUT2D eigenvalue weighted by Gasteiger charge is 2.49. The molecule has 0 atom stereocenters. The standard InChI is InChI=1S/C16H16Cl2N2O2.C16H17ClN2O3/c17-12-6-4-11(5-7-12)14-15(22)20(10-13(18)21)16(19-14)8-2-1-3-9-16;17-12-6-4-11(5-7-12)14-15(22)19(10-13(20)21)16(18-14)8-2-1-3-9-16/h4-7H,1-3,8-10H2;4-7H,1-3,8-10H2,(H,20,21). The Morgan fingerprint density at radius 3 is 1.36 bits per heavy atom. The van der Waals surface area contributed by atoms with E-state index >= 15 is 0 Å². The van der Waals surface area contributed by atoms with Crippen molar-refractivity contribution in [1.29, 1.82) is 0 Å². The number of carboxylic acids is 1. The van der Waals surface area contributed by atoms with Crippen LogP contribution in [0, 0.1) is 0 Å². The summed E-state index contributed by atoms with van der Waals surface area (Å²) in [6.07, 6.45) is 9.15. The Morgan fingerprint density at radius 2 is 1.02 bits per heavy atom. The van der Waals surface area contributed by atoms with Crippen molar-refractivity contribution in [1.82, 2.24) is 9.80 Å². The molecule has 1 N–H and O–H groups in total. The van der Waals surface area contributed by atoms with Crippen LogP contribution in [0.2, 0.25) is 10.0 Å². The van der Waals surface area contributed by atoms with Gasteiger partial charge < -0.3 is 14.9 Å².